The molecule has 1 saturated heterocycles. The maximum absolute atomic E-state index is 11.7. The molecule has 1 saturated carbocycles. The number of nitrogens with two attached hydrogens (primary N) is 1. The van der Waals surface area contributed by atoms with Gasteiger partial charge < -0.3 is 10.6 Å². The minimum atomic E-state index is -0.357. The molecule has 1 aliphatic heterocycles. The molecule has 1 spiro atoms. The minimum Gasteiger partial charge on any atom is -0.341 e. The van der Waals surface area contributed by atoms with Gasteiger partial charge in [0.1, 0.15) is 0 Å². The van der Waals surface area contributed by atoms with Crippen LogP contribution in [0.1, 0.15) is 26.2 Å². The number of hydrogen-bond acceptors (Lipinski definition) is 2. The zero-order chi connectivity index (χ0) is 11.1. The Kier molecular flexibility index (Phi) is 2.95. The molecule has 86 valence electrons. The summed E-state index contributed by atoms with van der Waals surface area (Å²) in [5.74, 6) is 1.54. The van der Waals surface area contributed by atoms with Crippen LogP contribution in [-0.2, 0) is 4.79 Å². The first-order valence-corrected chi connectivity index (χ1v) is 6.20. The van der Waals surface area contributed by atoms with E-state index in [4.69, 9.17) is 17.3 Å². The molecule has 1 atom stereocenters. The SMILES string of the molecule is C[C@@H](N)C(=O)N1CCC2(CC(CCl)C2)C1. The van der Waals surface area contributed by atoms with Crippen molar-refractivity contribution in [2.24, 2.45) is 17.1 Å². The molecule has 0 radical (unpaired) electrons. The minimum absolute atomic E-state index is 0.0983. The van der Waals surface area contributed by atoms with Crippen molar-refractivity contribution < 1.29 is 4.79 Å². The molecule has 1 aliphatic carbocycles. The Balaban J connectivity index is 1.88. The molecule has 2 rings (SSSR count). The lowest BCUT2D eigenvalue weighted by atomic mass is 9.62. The highest BCUT2D eigenvalue weighted by atomic mass is 35.5. The van der Waals surface area contributed by atoms with E-state index in [-0.39, 0.29) is 11.9 Å². The summed E-state index contributed by atoms with van der Waals surface area (Å²) in [6, 6.07) is -0.357. The fraction of sp³-hybridized carbons (Fsp3) is 0.909. The fourth-order valence-corrected chi connectivity index (χ4v) is 3.24. The van der Waals surface area contributed by atoms with E-state index in [1.807, 2.05) is 4.90 Å². The number of hydrogen-bond donors (Lipinski definition) is 1. The molecular formula is C11H19ClN2O. The van der Waals surface area contributed by atoms with Crippen LogP contribution in [0.2, 0.25) is 0 Å². The Morgan fingerprint density at radius 2 is 2.33 bits per heavy atom. The molecular weight excluding hydrogens is 212 g/mol. The number of likely N-dealkylation sites (tertiary alicyclic amines) is 1. The molecule has 2 N–H and O–H groups in total. The molecule has 3 nitrogen and oxygen atoms in total. The Morgan fingerprint density at radius 3 is 2.87 bits per heavy atom. The first-order chi connectivity index (χ1) is 7.06. The molecule has 4 heteroatoms. The first-order valence-electron chi connectivity index (χ1n) is 5.67. The third kappa shape index (κ3) is 2.00. The average Bonchev–Trinajstić information content (AvgIpc) is 2.58. The lowest BCUT2D eigenvalue weighted by Gasteiger charge is -2.44. The van der Waals surface area contributed by atoms with Crippen molar-refractivity contribution in [1.82, 2.24) is 4.90 Å². The van der Waals surface area contributed by atoms with E-state index < -0.39 is 0 Å². The Morgan fingerprint density at radius 1 is 1.67 bits per heavy atom. The second-order valence-electron chi connectivity index (χ2n) is 5.23. The third-order valence-corrected chi connectivity index (χ3v) is 4.24. The molecule has 0 aromatic heterocycles. The van der Waals surface area contributed by atoms with Crippen LogP contribution in [-0.4, -0.2) is 35.8 Å². The van der Waals surface area contributed by atoms with E-state index in [9.17, 15) is 4.79 Å². The molecule has 0 aromatic carbocycles. The van der Waals surface area contributed by atoms with Gasteiger partial charge in [-0.05, 0) is 37.5 Å². The maximum atomic E-state index is 11.7. The first kappa shape index (κ1) is 11.2. The van der Waals surface area contributed by atoms with Crippen LogP contribution >= 0.6 is 11.6 Å². The van der Waals surface area contributed by atoms with Crippen LogP contribution in [0.4, 0.5) is 0 Å². The van der Waals surface area contributed by atoms with Crippen molar-refractivity contribution in [3.8, 4) is 0 Å². The van der Waals surface area contributed by atoms with E-state index in [0.29, 0.717) is 11.3 Å². The number of nitrogens with zero attached hydrogens (tertiary/aromatic N) is 1. The van der Waals surface area contributed by atoms with Crippen LogP contribution in [0.25, 0.3) is 0 Å². The van der Waals surface area contributed by atoms with E-state index in [1.54, 1.807) is 6.92 Å². The third-order valence-electron chi connectivity index (χ3n) is 3.80. The largest absolute Gasteiger partial charge is 0.341 e. The average molecular weight is 231 g/mol. The highest BCUT2D eigenvalue weighted by Gasteiger charge is 2.48. The maximum Gasteiger partial charge on any atom is 0.239 e. The lowest BCUT2D eigenvalue weighted by Crippen LogP contribution is -2.45. The van der Waals surface area contributed by atoms with Crippen molar-refractivity contribution >= 4 is 17.5 Å². The summed E-state index contributed by atoms with van der Waals surface area (Å²) < 4.78 is 0. The summed E-state index contributed by atoms with van der Waals surface area (Å²) in [6.45, 7) is 3.55. The molecule has 15 heavy (non-hydrogen) atoms. The van der Waals surface area contributed by atoms with Gasteiger partial charge in [-0.15, -0.1) is 11.6 Å². The van der Waals surface area contributed by atoms with Gasteiger partial charge in [-0.25, -0.2) is 0 Å². The Bertz CT molecular complexity index is 261. The predicted molar refractivity (Wildman–Crippen MR) is 60.7 cm³/mol. The van der Waals surface area contributed by atoms with Gasteiger partial charge >= 0.3 is 0 Å². The number of alkyl halides is 1. The normalized spacial score (nSPS) is 36.7. The Labute approximate surface area is 95.9 Å². The summed E-state index contributed by atoms with van der Waals surface area (Å²) in [5, 5.41) is 0. The summed E-state index contributed by atoms with van der Waals surface area (Å²) >= 11 is 5.81. The van der Waals surface area contributed by atoms with Crippen molar-refractivity contribution in [3.63, 3.8) is 0 Å². The number of rotatable bonds is 2. The Hall–Kier alpha value is -0.280. The van der Waals surface area contributed by atoms with Crippen LogP contribution in [0, 0.1) is 11.3 Å². The second kappa shape index (κ2) is 3.95. The van der Waals surface area contributed by atoms with Gasteiger partial charge in [0.05, 0.1) is 6.04 Å². The zero-order valence-corrected chi connectivity index (χ0v) is 9.96. The topological polar surface area (TPSA) is 46.3 Å². The second-order valence-corrected chi connectivity index (χ2v) is 5.54. The molecule has 0 bridgehead atoms. The van der Waals surface area contributed by atoms with E-state index >= 15 is 0 Å². The predicted octanol–water partition coefficient (Wildman–Crippen LogP) is 1.20. The van der Waals surface area contributed by atoms with Gasteiger partial charge in [-0.1, -0.05) is 0 Å². The van der Waals surface area contributed by atoms with Gasteiger partial charge in [0, 0.05) is 19.0 Å². The van der Waals surface area contributed by atoms with Gasteiger partial charge in [0.2, 0.25) is 5.91 Å². The van der Waals surface area contributed by atoms with Crippen LogP contribution < -0.4 is 5.73 Å². The standard InChI is InChI=1S/C11H19ClN2O/c1-8(13)10(15)14-3-2-11(7-14)4-9(5-11)6-12/h8-9H,2-7,13H2,1H3/t8-,9?,11?/m1/s1. The molecule has 2 fully saturated rings. The van der Waals surface area contributed by atoms with E-state index in [1.165, 1.54) is 12.8 Å². The van der Waals surface area contributed by atoms with Crippen molar-refractivity contribution in [2.45, 2.75) is 32.2 Å². The zero-order valence-electron chi connectivity index (χ0n) is 9.21. The van der Waals surface area contributed by atoms with Gasteiger partial charge in [0.15, 0.2) is 0 Å². The van der Waals surface area contributed by atoms with Crippen molar-refractivity contribution in [3.05, 3.63) is 0 Å². The van der Waals surface area contributed by atoms with E-state index in [2.05, 4.69) is 0 Å². The lowest BCUT2D eigenvalue weighted by molar-refractivity contribution is -0.132. The van der Waals surface area contributed by atoms with Crippen LogP contribution in [0.5, 0.6) is 0 Å². The quantitative estimate of drug-likeness (QED) is 0.725. The van der Waals surface area contributed by atoms with Crippen molar-refractivity contribution in [1.29, 1.82) is 0 Å². The van der Waals surface area contributed by atoms with Gasteiger partial charge in [-0.3, -0.25) is 4.79 Å². The van der Waals surface area contributed by atoms with Gasteiger partial charge in [-0.2, -0.15) is 0 Å². The summed E-state index contributed by atoms with van der Waals surface area (Å²) in [6.07, 6.45) is 3.53. The summed E-state index contributed by atoms with van der Waals surface area (Å²) in [5.41, 5.74) is 6.00. The van der Waals surface area contributed by atoms with E-state index in [0.717, 1.165) is 25.4 Å². The fourth-order valence-electron chi connectivity index (χ4n) is 3.02. The number of carbonyl (C=O) groups is 1. The van der Waals surface area contributed by atoms with Crippen LogP contribution in [0.3, 0.4) is 0 Å². The number of amides is 1. The monoisotopic (exact) mass is 230 g/mol. The molecule has 2 aliphatic rings. The van der Waals surface area contributed by atoms with Gasteiger partial charge in [0.25, 0.3) is 0 Å². The molecule has 0 aromatic rings. The molecule has 0 unspecified atom stereocenters. The van der Waals surface area contributed by atoms with Crippen LogP contribution in [0.15, 0.2) is 0 Å². The van der Waals surface area contributed by atoms with Crippen molar-refractivity contribution in [2.75, 3.05) is 19.0 Å². The smallest absolute Gasteiger partial charge is 0.239 e. The number of carbonyl (C=O) groups excluding carboxylic acids is 1. The highest BCUT2D eigenvalue weighted by Crippen LogP contribution is 2.51. The number of halogens is 1. The molecule has 1 heterocycles. The highest BCUT2D eigenvalue weighted by molar-refractivity contribution is 6.18. The molecule has 1 amide bonds. The summed E-state index contributed by atoms with van der Waals surface area (Å²) in [4.78, 5) is 13.6. The summed E-state index contributed by atoms with van der Waals surface area (Å²) in [7, 11) is 0.